The quantitative estimate of drug-likeness (QED) is 0.720. The molecule has 1 fully saturated rings. The Hall–Kier alpha value is -3.23. The van der Waals surface area contributed by atoms with Crippen LogP contribution >= 0.6 is 0 Å². The monoisotopic (exact) mass is 396 g/mol. The Kier molecular flexibility index (Phi) is 4.11. The van der Waals surface area contributed by atoms with Crippen LogP contribution in [0.1, 0.15) is 52.1 Å². The molecule has 2 aromatic heterocycles. The Morgan fingerprint density at radius 2 is 2.07 bits per heavy atom. The lowest BCUT2D eigenvalue weighted by atomic mass is 10.0. The fourth-order valence-corrected chi connectivity index (χ4v) is 4.17. The number of H-pyrrole nitrogens is 1. The maximum atomic E-state index is 13.5. The van der Waals surface area contributed by atoms with E-state index in [0.29, 0.717) is 42.2 Å². The SMILES string of the molecule is CN1CCn2nc(C(=O)N3CCCCC3c3nc4ccc(F)cc4[nH]3)cc2C1=O. The number of hydrogen-bond acceptors (Lipinski definition) is 4. The van der Waals surface area contributed by atoms with E-state index < -0.39 is 0 Å². The van der Waals surface area contributed by atoms with E-state index >= 15 is 0 Å². The summed E-state index contributed by atoms with van der Waals surface area (Å²) in [4.78, 5) is 36.8. The Bertz CT molecular complexity index is 1120. The van der Waals surface area contributed by atoms with E-state index in [1.54, 1.807) is 33.7 Å². The molecule has 1 atom stereocenters. The lowest BCUT2D eigenvalue weighted by Crippen LogP contribution is -2.39. The highest BCUT2D eigenvalue weighted by molar-refractivity contribution is 5.98. The Labute approximate surface area is 166 Å². The minimum atomic E-state index is -0.331. The number of aromatic nitrogens is 4. The molecule has 8 nitrogen and oxygen atoms in total. The average molecular weight is 396 g/mol. The first-order chi connectivity index (χ1) is 14.0. The topological polar surface area (TPSA) is 87.1 Å². The van der Waals surface area contributed by atoms with E-state index in [9.17, 15) is 14.0 Å². The number of likely N-dealkylation sites (N-methyl/N-ethyl adjacent to an activating group) is 1. The highest BCUT2D eigenvalue weighted by atomic mass is 19.1. The number of imidazole rings is 1. The third-order valence-corrected chi connectivity index (χ3v) is 5.75. The van der Waals surface area contributed by atoms with Gasteiger partial charge in [-0.05, 0) is 37.5 Å². The molecule has 5 rings (SSSR count). The third kappa shape index (κ3) is 2.97. The highest BCUT2D eigenvalue weighted by Gasteiger charge is 2.34. The summed E-state index contributed by atoms with van der Waals surface area (Å²) in [5.74, 6) is -0.0167. The largest absolute Gasteiger partial charge is 0.340 e. The lowest BCUT2D eigenvalue weighted by molar-refractivity contribution is 0.0593. The summed E-state index contributed by atoms with van der Waals surface area (Å²) in [5, 5.41) is 4.39. The number of aromatic amines is 1. The van der Waals surface area contributed by atoms with E-state index in [1.807, 2.05) is 0 Å². The van der Waals surface area contributed by atoms with Crippen LogP contribution < -0.4 is 0 Å². The number of carbonyl (C=O) groups is 2. The molecule has 0 spiro atoms. The Morgan fingerprint density at radius 3 is 2.93 bits per heavy atom. The molecule has 1 saturated heterocycles. The number of piperidine rings is 1. The summed E-state index contributed by atoms with van der Waals surface area (Å²) in [5.41, 5.74) is 2.00. The molecule has 29 heavy (non-hydrogen) atoms. The van der Waals surface area contributed by atoms with Gasteiger partial charge in [0.15, 0.2) is 5.69 Å². The molecule has 1 unspecified atom stereocenters. The van der Waals surface area contributed by atoms with Gasteiger partial charge in [0.1, 0.15) is 17.3 Å². The molecule has 3 aromatic rings. The molecule has 150 valence electrons. The van der Waals surface area contributed by atoms with Crippen molar-refractivity contribution in [2.75, 3.05) is 20.1 Å². The van der Waals surface area contributed by atoms with E-state index in [4.69, 9.17) is 0 Å². The van der Waals surface area contributed by atoms with Gasteiger partial charge in [0.2, 0.25) is 0 Å². The van der Waals surface area contributed by atoms with Gasteiger partial charge in [-0.15, -0.1) is 0 Å². The molecule has 0 saturated carbocycles. The second kappa shape index (κ2) is 6.68. The number of likely N-dealkylation sites (tertiary alicyclic amines) is 1. The second-order valence-electron chi connectivity index (χ2n) is 7.66. The first-order valence-electron chi connectivity index (χ1n) is 9.81. The molecule has 1 aromatic carbocycles. The lowest BCUT2D eigenvalue weighted by Gasteiger charge is -2.34. The van der Waals surface area contributed by atoms with Gasteiger partial charge in [-0.1, -0.05) is 0 Å². The van der Waals surface area contributed by atoms with Gasteiger partial charge in [0.05, 0.1) is 23.6 Å². The Morgan fingerprint density at radius 1 is 1.21 bits per heavy atom. The molecule has 2 aliphatic rings. The number of carbonyl (C=O) groups excluding carboxylic acids is 2. The van der Waals surface area contributed by atoms with Crippen LogP contribution in [-0.2, 0) is 6.54 Å². The van der Waals surface area contributed by atoms with E-state index in [1.165, 1.54) is 12.1 Å². The van der Waals surface area contributed by atoms with Crippen molar-refractivity contribution in [2.45, 2.75) is 31.8 Å². The molecule has 0 bridgehead atoms. The van der Waals surface area contributed by atoms with Crippen LogP contribution in [-0.4, -0.2) is 61.5 Å². The zero-order valence-corrected chi connectivity index (χ0v) is 16.1. The number of nitrogens with zero attached hydrogens (tertiary/aromatic N) is 5. The zero-order valence-electron chi connectivity index (χ0n) is 16.1. The predicted molar refractivity (Wildman–Crippen MR) is 103 cm³/mol. The van der Waals surface area contributed by atoms with Crippen molar-refractivity contribution in [1.29, 1.82) is 0 Å². The van der Waals surface area contributed by atoms with E-state index in [0.717, 1.165) is 19.3 Å². The molecule has 2 amide bonds. The van der Waals surface area contributed by atoms with Crippen LogP contribution in [0.2, 0.25) is 0 Å². The number of rotatable bonds is 2. The predicted octanol–water partition coefficient (Wildman–Crippen LogP) is 2.35. The molecule has 0 aliphatic carbocycles. The van der Waals surface area contributed by atoms with Gasteiger partial charge in [-0.3, -0.25) is 14.3 Å². The van der Waals surface area contributed by atoms with Gasteiger partial charge in [0, 0.05) is 26.2 Å². The first-order valence-corrected chi connectivity index (χ1v) is 9.81. The third-order valence-electron chi connectivity index (χ3n) is 5.75. The smallest absolute Gasteiger partial charge is 0.274 e. The summed E-state index contributed by atoms with van der Waals surface area (Å²) in [7, 11) is 1.74. The van der Waals surface area contributed by atoms with Crippen LogP contribution in [0, 0.1) is 5.82 Å². The summed E-state index contributed by atoms with van der Waals surface area (Å²) in [6.45, 7) is 1.73. The van der Waals surface area contributed by atoms with Crippen LogP contribution in [0.5, 0.6) is 0 Å². The minimum Gasteiger partial charge on any atom is -0.340 e. The Balaban J connectivity index is 1.47. The number of nitrogens with one attached hydrogen (secondary N) is 1. The van der Waals surface area contributed by atoms with E-state index in [-0.39, 0.29) is 29.4 Å². The van der Waals surface area contributed by atoms with Crippen LogP contribution in [0.4, 0.5) is 4.39 Å². The number of hydrogen-bond donors (Lipinski definition) is 1. The minimum absolute atomic E-state index is 0.127. The first kappa shape index (κ1) is 17.8. The molecule has 2 aliphatic heterocycles. The van der Waals surface area contributed by atoms with Crippen LogP contribution in [0.15, 0.2) is 24.3 Å². The maximum Gasteiger partial charge on any atom is 0.274 e. The second-order valence-corrected chi connectivity index (χ2v) is 7.66. The molecule has 0 radical (unpaired) electrons. The number of amides is 2. The number of halogens is 1. The number of fused-ring (bicyclic) bond motifs is 2. The molecular formula is C20H21FN6O2. The van der Waals surface area contributed by atoms with Crippen molar-refractivity contribution in [3.63, 3.8) is 0 Å². The van der Waals surface area contributed by atoms with Gasteiger partial charge in [-0.25, -0.2) is 9.37 Å². The van der Waals surface area contributed by atoms with Crippen molar-refractivity contribution in [3.05, 3.63) is 47.3 Å². The summed E-state index contributed by atoms with van der Waals surface area (Å²) >= 11 is 0. The van der Waals surface area contributed by atoms with Crippen molar-refractivity contribution < 1.29 is 14.0 Å². The van der Waals surface area contributed by atoms with Crippen LogP contribution in [0.25, 0.3) is 11.0 Å². The highest BCUT2D eigenvalue weighted by Crippen LogP contribution is 2.32. The number of benzene rings is 1. The summed E-state index contributed by atoms with van der Waals surface area (Å²) in [6.07, 6.45) is 2.64. The normalized spacial score (nSPS) is 19.7. The van der Waals surface area contributed by atoms with E-state index in [2.05, 4.69) is 15.1 Å². The van der Waals surface area contributed by atoms with Crippen LogP contribution in [0.3, 0.4) is 0 Å². The fraction of sp³-hybridized carbons (Fsp3) is 0.400. The van der Waals surface area contributed by atoms with Crippen molar-refractivity contribution in [3.8, 4) is 0 Å². The average Bonchev–Trinajstić information content (AvgIpc) is 3.34. The van der Waals surface area contributed by atoms with Gasteiger partial charge < -0.3 is 14.8 Å². The van der Waals surface area contributed by atoms with Crippen molar-refractivity contribution >= 4 is 22.8 Å². The summed E-state index contributed by atoms with van der Waals surface area (Å²) < 4.78 is 15.1. The van der Waals surface area contributed by atoms with Gasteiger partial charge >= 0.3 is 0 Å². The molecule has 1 N–H and O–H groups in total. The zero-order chi connectivity index (χ0) is 20.1. The molecule has 9 heteroatoms. The van der Waals surface area contributed by atoms with Crippen molar-refractivity contribution in [1.82, 2.24) is 29.5 Å². The molecular weight excluding hydrogens is 375 g/mol. The summed E-state index contributed by atoms with van der Waals surface area (Å²) in [6, 6.07) is 5.77. The maximum absolute atomic E-state index is 13.5. The van der Waals surface area contributed by atoms with Gasteiger partial charge in [-0.2, -0.15) is 5.10 Å². The van der Waals surface area contributed by atoms with Gasteiger partial charge in [0.25, 0.3) is 11.8 Å². The molecule has 4 heterocycles. The fourth-order valence-electron chi connectivity index (χ4n) is 4.17. The van der Waals surface area contributed by atoms with Crippen molar-refractivity contribution in [2.24, 2.45) is 0 Å². The standard InChI is InChI=1S/C20H21FN6O2/c1-25-8-9-27-17(20(25)29)11-15(24-27)19(28)26-7-3-2-4-16(26)18-22-13-6-5-12(21)10-14(13)23-18/h5-6,10-11,16H,2-4,7-9H2,1H3,(H,22,23).